The fourth-order valence-electron chi connectivity index (χ4n) is 1.76. The lowest BCUT2D eigenvalue weighted by Crippen LogP contribution is -1.82. The largest absolute Gasteiger partial charge is 0.262 e. The molecule has 0 unspecified atom stereocenters. The molecular weight excluding hydrogens is 264 g/mol. The predicted molar refractivity (Wildman–Crippen MR) is 73.8 cm³/mol. The molecule has 0 aliphatic heterocycles. The fraction of sp³-hybridized carbons (Fsp3) is 0. The highest BCUT2D eigenvalue weighted by molar-refractivity contribution is 7.21. The van der Waals surface area contributed by atoms with Gasteiger partial charge >= 0.3 is 0 Å². The van der Waals surface area contributed by atoms with E-state index in [4.69, 9.17) is 0 Å². The van der Waals surface area contributed by atoms with Gasteiger partial charge in [0.05, 0.1) is 21.1 Å². The van der Waals surface area contributed by atoms with Crippen LogP contribution in [0, 0.1) is 0 Å². The second kappa shape index (κ2) is 3.79. The third-order valence-corrected chi connectivity index (χ3v) is 4.45. The summed E-state index contributed by atoms with van der Waals surface area (Å²) < 4.78 is 2.22. The van der Waals surface area contributed by atoms with Crippen LogP contribution in [0.2, 0.25) is 0 Å². The average molecular weight is 270 g/mol. The molecule has 4 heterocycles. The molecule has 0 aromatic carbocycles. The maximum Gasteiger partial charge on any atom is 0.170 e. The summed E-state index contributed by atoms with van der Waals surface area (Å²) in [5, 5.41) is 0.910. The average Bonchev–Trinajstić information content (AvgIpc) is 3.04. The number of aromatic nitrogens is 4. The molecule has 0 atom stereocenters. The van der Waals surface area contributed by atoms with Crippen LogP contribution in [0.5, 0.6) is 0 Å². The third kappa shape index (κ3) is 1.50. The first-order valence-corrected chi connectivity index (χ1v) is 7.01. The van der Waals surface area contributed by atoms with Gasteiger partial charge in [-0.2, -0.15) is 0 Å². The smallest absolute Gasteiger partial charge is 0.170 e. The summed E-state index contributed by atoms with van der Waals surface area (Å²) in [5.74, 6) is 0. The van der Waals surface area contributed by atoms with Crippen molar-refractivity contribution in [2.75, 3.05) is 0 Å². The summed E-state index contributed by atoms with van der Waals surface area (Å²) in [6, 6.07) is 6.00. The minimum atomic E-state index is 0.787. The van der Waals surface area contributed by atoms with E-state index in [1.54, 1.807) is 35.1 Å². The molecule has 0 aliphatic carbocycles. The standard InChI is InChI=1S/C12H6N4S2/c1-2-10-11(14-6-17-10)15-7(1)12-16-8-5-13-4-3-9(8)18-12/h1-6H. The van der Waals surface area contributed by atoms with Gasteiger partial charge < -0.3 is 0 Å². The second-order valence-electron chi connectivity index (χ2n) is 3.73. The lowest BCUT2D eigenvalue weighted by atomic mass is 10.3. The van der Waals surface area contributed by atoms with Crippen LogP contribution in [0.3, 0.4) is 0 Å². The molecule has 0 saturated heterocycles. The van der Waals surface area contributed by atoms with Crippen molar-refractivity contribution in [3.63, 3.8) is 0 Å². The van der Waals surface area contributed by atoms with Crippen molar-refractivity contribution in [2.24, 2.45) is 0 Å². The molecule has 0 N–H and O–H groups in total. The van der Waals surface area contributed by atoms with Crippen LogP contribution in [0.15, 0.2) is 36.1 Å². The van der Waals surface area contributed by atoms with E-state index in [-0.39, 0.29) is 0 Å². The van der Waals surface area contributed by atoms with E-state index < -0.39 is 0 Å². The Balaban J connectivity index is 1.94. The number of thiazole rings is 2. The van der Waals surface area contributed by atoms with Crippen LogP contribution in [0.1, 0.15) is 0 Å². The Morgan fingerprint density at radius 1 is 1.00 bits per heavy atom. The summed E-state index contributed by atoms with van der Waals surface area (Å²) in [7, 11) is 0. The highest BCUT2D eigenvalue weighted by Gasteiger charge is 2.08. The zero-order valence-corrected chi connectivity index (χ0v) is 10.7. The van der Waals surface area contributed by atoms with E-state index in [0.717, 1.165) is 31.3 Å². The Morgan fingerprint density at radius 2 is 2.00 bits per heavy atom. The van der Waals surface area contributed by atoms with Crippen LogP contribution < -0.4 is 0 Å². The second-order valence-corrected chi connectivity index (χ2v) is 5.65. The molecule has 0 radical (unpaired) electrons. The Morgan fingerprint density at radius 3 is 2.94 bits per heavy atom. The van der Waals surface area contributed by atoms with Crippen molar-refractivity contribution in [2.45, 2.75) is 0 Å². The van der Waals surface area contributed by atoms with Crippen molar-refractivity contribution in [1.82, 2.24) is 19.9 Å². The van der Waals surface area contributed by atoms with Gasteiger partial charge in [-0.05, 0) is 18.2 Å². The molecule has 4 rings (SSSR count). The minimum absolute atomic E-state index is 0.787. The van der Waals surface area contributed by atoms with Crippen LogP contribution in [0.25, 0.3) is 31.3 Å². The van der Waals surface area contributed by atoms with Crippen LogP contribution in [0.4, 0.5) is 0 Å². The summed E-state index contributed by atoms with van der Waals surface area (Å²) in [6.07, 6.45) is 3.55. The fourth-order valence-corrected chi connectivity index (χ4v) is 3.28. The summed E-state index contributed by atoms with van der Waals surface area (Å²) in [4.78, 5) is 17.4. The maximum absolute atomic E-state index is 4.54. The molecule has 18 heavy (non-hydrogen) atoms. The van der Waals surface area contributed by atoms with E-state index in [2.05, 4.69) is 19.9 Å². The highest BCUT2D eigenvalue weighted by atomic mass is 32.1. The van der Waals surface area contributed by atoms with Crippen molar-refractivity contribution in [3.8, 4) is 10.7 Å². The molecule has 0 bridgehead atoms. The molecule has 0 aliphatic rings. The summed E-state index contributed by atoms with van der Waals surface area (Å²) >= 11 is 3.22. The molecule has 0 fully saturated rings. The first-order chi connectivity index (χ1) is 8.90. The first-order valence-electron chi connectivity index (χ1n) is 5.31. The normalized spacial score (nSPS) is 11.3. The van der Waals surface area contributed by atoms with Gasteiger partial charge in [-0.25, -0.2) is 15.0 Å². The maximum atomic E-state index is 4.54. The Labute approximate surface area is 110 Å². The Kier molecular flexibility index (Phi) is 2.12. The molecule has 86 valence electrons. The highest BCUT2D eigenvalue weighted by Crippen LogP contribution is 2.29. The molecule has 4 aromatic heterocycles. The van der Waals surface area contributed by atoms with Crippen molar-refractivity contribution in [3.05, 3.63) is 36.1 Å². The zero-order valence-electron chi connectivity index (χ0n) is 9.07. The van der Waals surface area contributed by atoms with E-state index in [1.807, 2.05) is 23.7 Å². The van der Waals surface area contributed by atoms with E-state index in [9.17, 15) is 0 Å². The van der Waals surface area contributed by atoms with Crippen LogP contribution in [-0.4, -0.2) is 19.9 Å². The lowest BCUT2D eigenvalue weighted by Gasteiger charge is -1.93. The SMILES string of the molecule is c1cc2sc(-c3ccc4scnc4n3)nc2cn1. The van der Waals surface area contributed by atoms with E-state index >= 15 is 0 Å². The summed E-state index contributed by atoms with van der Waals surface area (Å²) in [5.41, 5.74) is 4.38. The van der Waals surface area contributed by atoms with Gasteiger partial charge in [-0.3, -0.25) is 4.98 Å². The van der Waals surface area contributed by atoms with Gasteiger partial charge in [-0.1, -0.05) is 0 Å². The van der Waals surface area contributed by atoms with Crippen molar-refractivity contribution < 1.29 is 0 Å². The molecule has 4 aromatic rings. The van der Waals surface area contributed by atoms with Gasteiger partial charge in [-0.15, -0.1) is 22.7 Å². The molecule has 4 nitrogen and oxygen atoms in total. The van der Waals surface area contributed by atoms with Gasteiger partial charge in [0, 0.05) is 6.20 Å². The predicted octanol–water partition coefficient (Wildman–Crippen LogP) is 3.36. The lowest BCUT2D eigenvalue weighted by molar-refractivity contribution is 1.30. The number of rotatable bonds is 1. The molecular formula is C12H6N4S2. The van der Waals surface area contributed by atoms with E-state index in [0.29, 0.717) is 0 Å². The van der Waals surface area contributed by atoms with E-state index in [1.165, 1.54) is 0 Å². The topological polar surface area (TPSA) is 51.6 Å². The third-order valence-electron chi connectivity index (χ3n) is 2.60. The van der Waals surface area contributed by atoms with Gasteiger partial charge in [0.1, 0.15) is 16.2 Å². The van der Waals surface area contributed by atoms with Gasteiger partial charge in [0.15, 0.2) is 5.65 Å². The minimum Gasteiger partial charge on any atom is -0.262 e. The van der Waals surface area contributed by atoms with Crippen LogP contribution in [-0.2, 0) is 0 Å². The number of nitrogens with zero attached hydrogens (tertiary/aromatic N) is 4. The molecule has 0 amide bonds. The van der Waals surface area contributed by atoms with Crippen LogP contribution >= 0.6 is 22.7 Å². The number of hydrogen-bond acceptors (Lipinski definition) is 6. The first kappa shape index (κ1) is 10.0. The zero-order chi connectivity index (χ0) is 11.9. The number of hydrogen-bond donors (Lipinski definition) is 0. The summed E-state index contributed by atoms with van der Waals surface area (Å²) in [6.45, 7) is 0. The van der Waals surface area contributed by atoms with Gasteiger partial charge in [0.25, 0.3) is 0 Å². The quantitative estimate of drug-likeness (QED) is 0.532. The van der Waals surface area contributed by atoms with Crippen molar-refractivity contribution >= 4 is 43.2 Å². The molecule has 6 heteroatoms. The Bertz CT molecular complexity index is 816. The van der Waals surface area contributed by atoms with Gasteiger partial charge in [0.2, 0.25) is 0 Å². The number of fused-ring (bicyclic) bond motifs is 2. The number of pyridine rings is 2. The monoisotopic (exact) mass is 270 g/mol. The van der Waals surface area contributed by atoms with Crippen molar-refractivity contribution in [1.29, 1.82) is 0 Å². The Hall–Kier alpha value is -1.92. The molecule has 0 spiro atoms. The molecule has 0 saturated carbocycles.